The monoisotopic (exact) mass is 713 g/mol. The van der Waals surface area contributed by atoms with Gasteiger partial charge in [-0.15, -0.1) is 0 Å². The fourth-order valence-corrected chi connectivity index (χ4v) is 6.86. The van der Waals surface area contributed by atoms with Crippen molar-refractivity contribution in [2.75, 3.05) is 82.3 Å². The summed E-state index contributed by atoms with van der Waals surface area (Å²) in [5.41, 5.74) is 7.87. The van der Waals surface area contributed by atoms with Gasteiger partial charge in [0, 0.05) is 97.9 Å². The van der Waals surface area contributed by atoms with E-state index >= 15 is 0 Å². The molecule has 3 aliphatic rings. The van der Waals surface area contributed by atoms with Gasteiger partial charge in [-0.25, -0.2) is 0 Å². The van der Waals surface area contributed by atoms with Crippen LogP contribution in [0.5, 0.6) is 0 Å². The van der Waals surface area contributed by atoms with Crippen LogP contribution in [0.2, 0.25) is 0 Å². The van der Waals surface area contributed by atoms with Crippen LogP contribution in [0, 0.1) is 0 Å². The molecule has 0 saturated carbocycles. The van der Waals surface area contributed by atoms with Gasteiger partial charge in [-0.3, -0.25) is 15.0 Å². The van der Waals surface area contributed by atoms with E-state index in [0.717, 1.165) is 63.7 Å². The highest BCUT2D eigenvalue weighted by Gasteiger charge is 2.23. The van der Waals surface area contributed by atoms with Crippen molar-refractivity contribution in [1.82, 2.24) is 30.1 Å². The maximum Gasteiger partial charge on any atom is 0.0553 e. The lowest BCUT2D eigenvalue weighted by atomic mass is 9.87. The van der Waals surface area contributed by atoms with E-state index in [-0.39, 0.29) is 16.2 Å². The van der Waals surface area contributed by atoms with E-state index in [4.69, 9.17) is 0 Å². The number of likely N-dealkylation sites (N-methyl/N-ethyl adjacent to an activating group) is 1. The molecule has 8 nitrogen and oxygen atoms in total. The van der Waals surface area contributed by atoms with Crippen molar-refractivity contribution in [3.63, 3.8) is 0 Å². The molecule has 0 aromatic carbocycles. The summed E-state index contributed by atoms with van der Waals surface area (Å²) in [7, 11) is 2.18. The van der Waals surface area contributed by atoms with Crippen LogP contribution in [0.4, 0.5) is 11.4 Å². The summed E-state index contributed by atoms with van der Waals surface area (Å²) in [6, 6.07) is 13.9. The van der Waals surface area contributed by atoms with E-state index in [1.54, 1.807) is 0 Å². The average molecular weight is 713 g/mol. The number of hydrogen-bond acceptors (Lipinski definition) is 8. The van der Waals surface area contributed by atoms with E-state index in [2.05, 4.69) is 166 Å². The lowest BCUT2D eigenvalue weighted by molar-refractivity contribution is 0.172. The van der Waals surface area contributed by atoms with Crippen molar-refractivity contribution >= 4 is 11.4 Å². The van der Waals surface area contributed by atoms with Gasteiger partial charge < -0.3 is 24.9 Å². The first kappa shape index (κ1) is 41.7. The molecule has 6 rings (SSSR count). The quantitative estimate of drug-likeness (QED) is 0.293. The number of piperidine rings is 1. The van der Waals surface area contributed by atoms with Crippen molar-refractivity contribution in [3.05, 3.63) is 77.6 Å². The van der Waals surface area contributed by atoms with Crippen molar-refractivity contribution in [2.24, 2.45) is 0 Å². The smallest absolute Gasteiger partial charge is 0.0553 e. The van der Waals surface area contributed by atoms with Crippen LogP contribution < -0.4 is 15.1 Å². The molecule has 1 N–H and O–H groups in total. The Labute approximate surface area is 317 Å². The van der Waals surface area contributed by atoms with E-state index in [1.165, 1.54) is 48.6 Å². The Morgan fingerprint density at radius 3 is 1.35 bits per heavy atom. The third kappa shape index (κ3) is 12.5. The zero-order chi connectivity index (χ0) is 38.1. The average Bonchev–Trinajstić information content (AvgIpc) is 3.12. The number of pyridine rings is 3. The van der Waals surface area contributed by atoms with E-state index in [0.29, 0.717) is 12.0 Å². The summed E-state index contributed by atoms with van der Waals surface area (Å²) in [6.07, 6.45) is 8.68. The Morgan fingerprint density at radius 1 is 0.558 bits per heavy atom. The zero-order valence-electron chi connectivity index (χ0n) is 35.0. The van der Waals surface area contributed by atoms with E-state index in [1.807, 2.05) is 12.4 Å². The number of piperazine rings is 2. The SMILES string of the molecule is CC(C)(C)c1ccc(N2CCNCC2)cn1.CC(C)N1CCC(c2ccc(C(C)(C)C)nc2)CC1.CN1CCN(c2ccc(C(C)(C)C)nc2)CC1. The Kier molecular flexibility index (Phi) is 14.7. The second-order valence-electron chi connectivity index (χ2n) is 18.5. The zero-order valence-corrected chi connectivity index (χ0v) is 35.0. The minimum atomic E-state index is 0.140. The van der Waals surface area contributed by atoms with Crippen molar-refractivity contribution in [3.8, 4) is 0 Å². The molecule has 8 heteroatoms. The molecule has 0 aliphatic carbocycles. The van der Waals surface area contributed by atoms with Crippen molar-refractivity contribution in [1.29, 1.82) is 0 Å². The second-order valence-corrected chi connectivity index (χ2v) is 18.5. The molecule has 0 bridgehead atoms. The molecule has 52 heavy (non-hydrogen) atoms. The summed E-state index contributed by atoms with van der Waals surface area (Å²) < 4.78 is 0. The van der Waals surface area contributed by atoms with Gasteiger partial charge in [0.25, 0.3) is 0 Å². The molecule has 3 fully saturated rings. The van der Waals surface area contributed by atoms with Gasteiger partial charge in [0.1, 0.15) is 0 Å². The first-order valence-electron chi connectivity index (χ1n) is 19.9. The van der Waals surface area contributed by atoms with Crippen molar-refractivity contribution < 1.29 is 0 Å². The molecule has 3 saturated heterocycles. The maximum absolute atomic E-state index is 4.67. The topological polar surface area (TPSA) is 63.7 Å². The molecule has 0 atom stereocenters. The largest absolute Gasteiger partial charge is 0.368 e. The molecule has 3 aromatic rings. The fourth-order valence-electron chi connectivity index (χ4n) is 6.86. The summed E-state index contributed by atoms with van der Waals surface area (Å²) >= 11 is 0. The Balaban J connectivity index is 0.000000175. The Morgan fingerprint density at radius 2 is 0.981 bits per heavy atom. The molecule has 288 valence electrons. The summed E-state index contributed by atoms with van der Waals surface area (Å²) in [5, 5.41) is 3.36. The van der Waals surface area contributed by atoms with Crippen LogP contribution >= 0.6 is 0 Å². The predicted molar refractivity (Wildman–Crippen MR) is 222 cm³/mol. The standard InChI is InChI=1S/C17H28N2.C14H23N3.C13H21N3/c1-13(2)19-10-8-14(9-11-19)15-6-7-16(18-12-15)17(3,4)5;1-14(2,3)13-6-5-12(11-15-13)17-9-7-16(4)8-10-17;1-13(2,3)12-5-4-11(10-15-12)16-8-6-14-7-9-16/h6-7,12-14H,8-11H2,1-5H3;5-6,11H,7-10H2,1-4H3;4-5,10,14H,6-9H2,1-3H3. The molecule has 0 spiro atoms. The van der Waals surface area contributed by atoms with Gasteiger partial charge in [0.05, 0.1) is 23.8 Å². The minimum absolute atomic E-state index is 0.140. The first-order chi connectivity index (χ1) is 24.4. The van der Waals surface area contributed by atoms with Crippen molar-refractivity contribution in [2.45, 2.75) is 117 Å². The molecule has 0 radical (unpaired) electrons. The van der Waals surface area contributed by atoms with Crippen LogP contribution in [0.25, 0.3) is 0 Å². The fraction of sp³-hybridized carbons (Fsp3) is 0.659. The highest BCUT2D eigenvalue weighted by Crippen LogP contribution is 2.30. The number of nitrogens with zero attached hydrogens (tertiary/aromatic N) is 7. The number of anilines is 2. The van der Waals surface area contributed by atoms with Crippen LogP contribution in [0.3, 0.4) is 0 Å². The van der Waals surface area contributed by atoms with Gasteiger partial charge in [0.2, 0.25) is 0 Å². The van der Waals surface area contributed by atoms with Crippen LogP contribution in [-0.4, -0.2) is 103 Å². The lowest BCUT2D eigenvalue weighted by Crippen LogP contribution is -2.44. The van der Waals surface area contributed by atoms with Gasteiger partial charge in [-0.1, -0.05) is 68.4 Å². The second kappa shape index (κ2) is 18.3. The van der Waals surface area contributed by atoms with E-state index < -0.39 is 0 Å². The molecule has 6 heterocycles. The number of aromatic nitrogens is 3. The Bertz CT molecular complexity index is 1440. The van der Waals surface area contributed by atoms with Crippen LogP contribution in [0.1, 0.15) is 118 Å². The summed E-state index contributed by atoms with van der Waals surface area (Å²) in [5.74, 6) is 0.705. The molecular weight excluding hydrogens is 641 g/mol. The van der Waals surface area contributed by atoms with Crippen LogP contribution in [0.15, 0.2) is 55.0 Å². The van der Waals surface area contributed by atoms with Gasteiger partial charge in [0.15, 0.2) is 0 Å². The normalized spacial score (nSPS) is 18.4. The molecular formula is C44H72N8. The van der Waals surface area contributed by atoms with Gasteiger partial charge >= 0.3 is 0 Å². The third-order valence-electron chi connectivity index (χ3n) is 10.7. The molecule has 3 aromatic heterocycles. The maximum atomic E-state index is 4.67. The number of likely N-dealkylation sites (tertiary alicyclic amines) is 1. The third-order valence-corrected chi connectivity index (χ3v) is 10.7. The first-order valence-corrected chi connectivity index (χ1v) is 19.9. The van der Waals surface area contributed by atoms with Crippen LogP contribution in [-0.2, 0) is 16.2 Å². The minimum Gasteiger partial charge on any atom is -0.368 e. The Hall–Kier alpha value is -3.07. The number of nitrogens with one attached hydrogen (secondary N) is 1. The molecule has 3 aliphatic heterocycles. The number of hydrogen-bond donors (Lipinski definition) is 1. The molecule has 0 unspecified atom stereocenters. The number of rotatable bonds is 4. The molecule has 0 amide bonds. The van der Waals surface area contributed by atoms with Gasteiger partial charge in [-0.2, -0.15) is 0 Å². The van der Waals surface area contributed by atoms with E-state index in [9.17, 15) is 0 Å². The predicted octanol–water partition coefficient (Wildman–Crippen LogP) is 7.89. The summed E-state index contributed by atoms with van der Waals surface area (Å²) in [6.45, 7) is 35.7. The highest BCUT2D eigenvalue weighted by atomic mass is 15.2. The highest BCUT2D eigenvalue weighted by molar-refractivity contribution is 5.46. The van der Waals surface area contributed by atoms with Gasteiger partial charge in [-0.05, 0) is 88.6 Å². The lowest BCUT2D eigenvalue weighted by Gasteiger charge is -2.34. The summed E-state index contributed by atoms with van der Waals surface area (Å²) in [4.78, 5) is 23.6.